The number of anilines is 1. The van der Waals surface area contributed by atoms with Gasteiger partial charge in [0, 0.05) is 23.1 Å². The predicted octanol–water partition coefficient (Wildman–Crippen LogP) is 1.04. The monoisotopic (exact) mass is 564 g/mol. The molecule has 5 heterocycles. The molecule has 2 aliphatic heterocycles. The van der Waals surface area contributed by atoms with Crippen LogP contribution in [0, 0.1) is 6.92 Å². The van der Waals surface area contributed by atoms with Crippen molar-refractivity contribution in [1.82, 2.24) is 29.1 Å². The zero-order valence-electron chi connectivity index (χ0n) is 20.6. The molecule has 0 aromatic carbocycles. The van der Waals surface area contributed by atoms with E-state index in [-0.39, 0.29) is 24.4 Å². The van der Waals surface area contributed by atoms with E-state index in [0.29, 0.717) is 24.0 Å². The van der Waals surface area contributed by atoms with Crippen LogP contribution in [0.25, 0.3) is 21.6 Å². The van der Waals surface area contributed by atoms with E-state index in [0.717, 1.165) is 4.57 Å². The lowest BCUT2D eigenvalue weighted by Crippen LogP contribution is -2.33. The highest BCUT2D eigenvalue weighted by atomic mass is 31.2. The summed E-state index contributed by atoms with van der Waals surface area (Å²) in [7, 11) is -4.55. The third-order valence-electron chi connectivity index (χ3n) is 6.47. The van der Waals surface area contributed by atoms with Crippen molar-refractivity contribution in [3.05, 3.63) is 55.7 Å². The van der Waals surface area contributed by atoms with Gasteiger partial charge in [-0.3, -0.25) is 28.0 Å². The maximum Gasteiger partial charge on any atom is 0.472 e. The maximum absolute atomic E-state index is 12.6. The van der Waals surface area contributed by atoms with Gasteiger partial charge >= 0.3 is 13.5 Å². The molecular weight excluding hydrogens is 539 g/mol. The highest BCUT2D eigenvalue weighted by molar-refractivity contribution is 7.47. The summed E-state index contributed by atoms with van der Waals surface area (Å²) < 4.78 is 37.4. The van der Waals surface area contributed by atoms with Crippen LogP contribution in [-0.4, -0.2) is 65.4 Å². The molecule has 208 valence electrons. The van der Waals surface area contributed by atoms with Crippen molar-refractivity contribution in [3.63, 3.8) is 0 Å². The smallest absolute Gasteiger partial charge is 0.382 e. The number of aromatic amines is 1. The number of hydrogen-bond donors (Lipinski definition) is 3. The molecule has 39 heavy (non-hydrogen) atoms. The third-order valence-corrected chi connectivity index (χ3v) is 7.42. The molecule has 0 saturated carbocycles. The summed E-state index contributed by atoms with van der Waals surface area (Å²) in [4.78, 5) is 51.4. The van der Waals surface area contributed by atoms with Crippen molar-refractivity contribution in [2.24, 2.45) is 5.11 Å². The first-order valence-electron chi connectivity index (χ1n) is 11.9. The number of phosphoric acid groups is 1. The molecule has 2 saturated heterocycles. The number of rotatable bonds is 9. The molecule has 0 radical (unpaired) electrons. The minimum atomic E-state index is -4.55. The van der Waals surface area contributed by atoms with E-state index in [4.69, 9.17) is 29.8 Å². The van der Waals surface area contributed by atoms with Crippen LogP contribution in [-0.2, 0) is 23.1 Å². The average Bonchev–Trinajstić information content (AvgIpc) is 3.63. The standard InChI is InChI=1S/C20H25N10O8P/c1-10-5-29(20(32)26-19(10)31)15-4-12(27-28-22)13(38-15)7-36-39(33,34)35-6-11-2-3-14(37-11)30-9-25-16-17(21)23-8-24-18(16)30/h5,8-9,11-15H,2-4,6-7H2,1H3,(H,33,34)(H2,21,23,24)(H,26,31,32). The fourth-order valence-corrected chi connectivity index (χ4v) is 5.27. The highest BCUT2D eigenvalue weighted by Gasteiger charge is 2.39. The Labute approximate surface area is 218 Å². The van der Waals surface area contributed by atoms with Crippen molar-refractivity contribution in [2.45, 2.75) is 56.9 Å². The normalized spacial score (nSPS) is 26.5. The number of hydrogen-bond acceptors (Lipinski definition) is 12. The van der Waals surface area contributed by atoms with Crippen molar-refractivity contribution < 1.29 is 28.0 Å². The zero-order chi connectivity index (χ0) is 27.7. The van der Waals surface area contributed by atoms with Gasteiger partial charge in [-0.2, -0.15) is 0 Å². The Morgan fingerprint density at radius 1 is 1.23 bits per heavy atom. The lowest BCUT2D eigenvalue weighted by molar-refractivity contribution is -0.0375. The van der Waals surface area contributed by atoms with Crippen molar-refractivity contribution in [3.8, 4) is 0 Å². The Balaban J connectivity index is 1.16. The number of fused-ring (bicyclic) bond motifs is 1. The molecule has 2 aliphatic rings. The molecule has 0 amide bonds. The van der Waals surface area contributed by atoms with E-state index in [1.807, 2.05) is 0 Å². The number of nitrogens with two attached hydrogens (primary N) is 1. The fourth-order valence-electron chi connectivity index (χ4n) is 4.50. The van der Waals surface area contributed by atoms with Gasteiger partial charge in [-0.25, -0.2) is 24.3 Å². The minimum absolute atomic E-state index is 0.0802. The number of aryl methyl sites for hydroxylation is 1. The van der Waals surface area contributed by atoms with Gasteiger partial charge < -0.3 is 20.1 Å². The van der Waals surface area contributed by atoms with Crippen LogP contribution in [0.1, 0.15) is 37.3 Å². The topological polar surface area (TPSA) is 247 Å². The molecule has 5 rings (SSSR count). The van der Waals surface area contributed by atoms with Crippen molar-refractivity contribution in [2.75, 3.05) is 18.9 Å². The molecule has 19 heteroatoms. The van der Waals surface area contributed by atoms with Gasteiger partial charge in [-0.15, -0.1) is 0 Å². The fraction of sp³-hybridized carbons (Fsp3) is 0.550. The quantitative estimate of drug-likeness (QED) is 0.143. The van der Waals surface area contributed by atoms with Crippen molar-refractivity contribution in [1.29, 1.82) is 0 Å². The maximum atomic E-state index is 12.6. The summed E-state index contributed by atoms with van der Waals surface area (Å²) in [6, 6.07) is -0.805. The second-order valence-corrected chi connectivity index (χ2v) is 10.5. The molecule has 0 aliphatic carbocycles. The van der Waals surface area contributed by atoms with Crippen LogP contribution in [0.2, 0.25) is 0 Å². The lowest BCUT2D eigenvalue weighted by atomic mass is 10.1. The average molecular weight is 564 g/mol. The minimum Gasteiger partial charge on any atom is -0.382 e. The van der Waals surface area contributed by atoms with E-state index in [1.54, 1.807) is 10.9 Å². The Morgan fingerprint density at radius 3 is 2.82 bits per heavy atom. The molecule has 2 fully saturated rings. The summed E-state index contributed by atoms with van der Waals surface area (Å²) in [5.74, 6) is 0.246. The summed E-state index contributed by atoms with van der Waals surface area (Å²) in [5.41, 5.74) is 14.7. The number of aromatic nitrogens is 6. The van der Waals surface area contributed by atoms with Gasteiger partial charge in [0.05, 0.1) is 37.8 Å². The number of nitrogens with one attached hydrogen (secondary N) is 1. The Hall–Kier alpha value is -3.63. The van der Waals surface area contributed by atoms with Gasteiger partial charge in [0.2, 0.25) is 0 Å². The van der Waals surface area contributed by atoms with Gasteiger partial charge in [0.1, 0.15) is 24.3 Å². The second-order valence-electron chi connectivity index (χ2n) is 9.05. The molecule has 3 aromatic heterocycles. The number of imidazole rings is 1. The van der Waals surface area contributed by atoms with E-state index >= 15 is 0 Å². The van der Waals surface area contributed by atoms with E-state index < -0.39 is 56.4 Å². The number of H-pyrrole nitrogens is 1. The van der Waals surface area contributed by atoms with Crippen molar-refractivity contribution >= 4 is 24.8 Å². The predicted molar refractivity (Wildman–Crippen MR) is 132 cm³/mol. The molecule has 4 N–H and O–H groups in total. The van der Waals surface area contributed by atoms with Crippen LogP contribution >= 0.6 is 7.82 Å². The molecule has 3 aromatic rings. The van der Waals surface area contributed by atoms with E-state index in [9.17, 15) is 19.0 Å². The largest absolute Gasteiger partial charge is 0.472 e. The van der Waals surface area contributed by atoms with Gasteiger partial charge in [-0.1, -0.05) is 5.11 Å². The number of nitrogen functional groups attached to an aromatic ring is 1. The summed E-state index contributed by atoms with van der Waals surface area (Å²) in [5, 5.41) is 3.65. The molecule has 0 spiro atoms. The Bertz CT molecular complexity index is 1580. The van der Waals surface area contributed by atoms with Crippen LogP contribution in [0.15, 0.2) is 33.6 Å². The van der Waals surface area contributed by atoms with E-state index in [2.05, 4.69) is 30.0 Å². The second kappa shape index (κ2) is 10.9. The number of phosphoric ester groups is 1. The Morgan fingerprint density at radius 2 is 2.03 bits per heavy atom. The van der Waals surface area contributed by atoms with Crippen LogP contribution in [0.3, 0.4) is 0 Å². The zero-order valence-corrected chi connectivity index (χ0v) is 21.5. The summed E-state index contributed by atoms with van der Waals surface area (Å²) in [6.07, 6.45) is 2.61. The first-order valence-corrected chi connectivity index (χ1v) is 13.4. The first kappa shape index (κ1) is 27.0. The summed E-state index contributed by atoms with van der Waals surface area (Å²) >= 11 is 0. The molecule has 6 atom stereocenters. The van der Waals surface area contributed by atoms with Gasteiger partial charge in [-0.05, 0) is 25.3 Å². The van der Waals surface area contributed by atoms with Gasteiger partial charge in [0.25, 0.3) is 5.56 Å². The number of nitrogens with zero attached hydrogens (tertiary/aromatic N) is 8. The molecule has 18 nitrogen and oxygen atoms in total. The van der Waals surface area contributed by atoms with Crippen LogP contribution in [0.4, 0.5) is 5.82 Å². The lowest BCUT2D eigenvalue weighted by Gasteiger charge is -2.20. The highest BCUT2D eigenvalue weighted by Crippen LogP contribution is 2.45. The third kappa shape index (κ3) is 5.72. The van der Waals surface area contributed by atoms with E-state index in [1.165, 1.54) is 19.4 Å². The molecular formula is C20H25N10O8P. The molecule has 0 bridgehead atoms. The summed E-state index contributed by atoms with van der Waals surface area (Å²) in [6.45, 7) is 0.835. The van der Waals surface area contributed by atoms with Crippen LogP contribution < -0.4 is 17.0 Å². The Kier molecular flexibility index (Phi) is 7.51. The van der Waals surface area contributed by atoms with Gasteiger partial charge in [0.15, 0.2) is 11.5 Å². The SMILES string of the molecule is Cc1cn(C2CC(N=[N+]=[N-])C(COP(=O)(O)OCC3CCC(n4cnc5c(N)ncnc54)O3)O2)c(=O)[nH]c1=O. The number of ether oxygens (including phenoxy) is 2. The number of azide groups is 1. The molecule has 6 unspecified atom stereocenters. The van der Waals surface area contributed by atoms with Crippen LogP contribution in [0.5, 0.6) is 0 Å². The first-order chi connectivity index (χ1) is 18.6.